The molecule has 4 heteroatoms. The maximum Gasteiger partial charge on any atom is 0.138 e. The molecule has 1 saturated carbocycles. The maximum absolute atomic E-state index is 5.77. The summed E-state index contributed by atoms with van der Waals surface area (Å²) >= 11 is 5.10. The van der Waals surface area contributed by atoms with Crippen molar-refractivity contribution in [2.24, 2.45) is 11.7 Å². The van der Waals surface area contributed by atoms with Crippen LogP contribution in [0, 0.1) is 5.92 Å². The number of hydrogen-bond donors (Lipinski definition) is 1. The van der Waals surface area contributed by atoms with Gasteiger partial charge in [-0.05, 0) is 30.9 Å². The van der Waals surface area contributed by atoms with Crippen LogP contribution in [-0.4, -0.2) is 23.1 Å². The van der Waals surface area contributed by atoms with Crippen molar-refractivity contribution in [1.29, 1.82) is 0 Å². The van der Waals surface area contributed by atoms with Crippen LogP contribution in [-0.2, 0) is 0 Å². The van der Waals surface area contributed by atoms with Crippen LogP contribution in [0.4, 0.5) is 5.82 Å². The van der Waals surface area contributed by atoms with E-state index in [0.29, 0.717) is 11.0 Å². The fourth-order valence-corrected chi connectivity index (χ4v) is 2.96. The quantitative estimate of drug-likeness (QED) is 0.852. The Morgan fingerprint density at radius 2 is 2.28 bits per heavy atom. The van der Waals surface area contributed by atoms with Crippen molar-refractivity contribution in [3.05, 3.63) is 23.9 Å². The first-order valence-electron chi connectivity index (χ1n) is 6.57. The van der Waals surface area contributed by atoms with Crippen molar-refractivity contribution < 1.29 is 0 Å². The van der Waals surface area contributed by atoms with Gasteiger partial charge in [-0.1, -0.05) is 32.0 Å². The monoisotopic (exact) mass is 263 g/mol. The summed E-state index contributed by atoms with van der Waals surface area (Å²) < 4.78 is 0. The molecule has 0 saturated heterocycles. The molecule has 0 aliphatic heterocycles. The molecule has 2 unspecified atom stereocenters. The maximum atomic E-state index is 5.77. The smallest absolute Gasteiger partial charge is 0.138 e. The van der Waals surface area contributed by atoms with Crippen molar-refractivity contribution in [2.75, 3.05) is 11.9 Å². The molecule has 2 N–H and O–H groups in total. The highest BCUT2D eigenvalue weighted by Gasteiger charge is 2.24. The Hall–Kier alpha value is -1.16. The number of anilines is 1. The molecular formula is C14H21N3S. The normalized spacial score (nSPS) is 23.7. The molecule has 2 atom stereocenters. The number of nitrogens with zero attached hydrogens (tertiary/aromatic N) is 2. The molecule has 0 radical (unpaired) electrons. The van der Waals surface area contributed by atoms with E-state index in [1.165, 1.54) is 25.7 Å². The predicted octanol–water partition coefficient (Wildman–Crippen LogP) is 2.73. The molecule has 1 aromatic rings. The van der Waals surface area contributed by atoms with Crippen molar-refractivity contribution in [2.45, 2.75) is 38.6 Å². The van der Waals surface area contributed by atoms with Crippen molar-refractivity contribution in [1.82, 2.24) is 4.98 Å². The summed E-state index contributed by atoms with van der Waals surface area (Å²) in [6.45, 7) is 2.33. The number of pyridine rings is 1. The van der Waals surface area contributed by atoms with Gasteiger partial charge in [-0.3, -0.25) is 0 Å². The van der Waals surface area contributed by atoms with Crippen LogP contribution in [0.1, 0.15) is 38.2 Å². The molecule has 0 amide bonds. The first-order chi connectivity index (χ1) is 8.59. The Kier molecular flexibility index (Phi) is 4.17. The largest absolute Gasteiger partial charge is 0.389 e. The number of rotatable bonds is 3. The van der Waals surface area contributed by atoms with E-state index >= 15 is 0 Å². The van der Waals surface area contributed by atoms with Crippen LogP contribution < -0.4 is 10.6 Å². The highest BCUT2D eigenvalue weighted by atomic mass is 32.1. The molecule has 1 aromatic heterocycles. The van der Waals surface area contributed by atoms with Gasteiger partial charge in [-0.25, -0.2) is 4.98 Å². The van der Waals surface area contributed by atoms with E-state index in [2.05, 4.69) is 23.9 Å². The molecule has 1 heterocycles. The fourth-order valence-electron chi connectivity index (χ4n) is 2.80. The average Bonchev–Trinajstić information content (AvgIpc) is 2.38. The fraction of sp³-hybridized carbons (Fsp3) is 0.571. The number of thiocarbonyl (C=S) groups is 1. The van der Waals surface area contributed by atoms with Crippen molar-refractivity contribution >= 4 is 23.0 Å². The van der Waals surface area contributed by atoms with Gasteiger partial charge in [0, 0.05) is 19.3 Å². The van der Waals surface area contributed by atoms with Crippen LogP contribution >= 0.6 is 12.2 Å². The summed E-state index contributed by atoms with van der Waals surface area (Å²) in [5.74, 6) is 1.72. The second-order valence-electron chi connectivity index (χ2n) is 5.28. The highest BCUT2D eigenvalue weighted by Crippen LogP contribution is 2.29. The standard InChI is InChI=1S/C14H21N3S/c1-10-5-3-6-11(9-10)17(2)14-12(13(15)18)7-4-8-16-14/h4,7-8,10-11H,3,5-6,9H2,1-2H3,(H2,15,18). The van der Waals surface area contributed by atoms with E-state index < -0.39 is 0 Å². The average molecular weight is 263 g/mol. The van der Waals surface area contributed by atoms with Crippen molar-refractivity contribution in [3.8, 4) is 0 Å². The third-order valence-electron chi connectivity index (χ3n) is 3.84. The Bertz CT molecular complexity index is 433. The van der Waals surface area contributed by atoms with E-state index in [1.54, 1.807) is 6.20 Å². The zero-order valence-electron chi connectivity index (χ0n) is 11.1. The van der Waals surface area contributed by atoms with Gasteiger partial charge in [0.25, 0.3) is 0 Å². The van der Waals surface area contributed by atoms with Crippen LogP contribution in [0.25, 0.3) is 0 Å². The SMILES string of the molecule is CC1CCCC(N(C)c2ncccc2C(N)=S)C1. The minimum Gasteiger partial charge on any atom is -0.389 e. The Morgan fingerprint density at radius 1 is 1.50 bits per heavy atom. The molecule has 3 nitrogen and oxygen atoms in total. The number of hydrogen-bond acceptors (Lipinski definition) is 3. The molecule has 0 aromatic carbocycles. The number of aromatic nitrogens is 1. The van der Waals surface area contributed by atoms with Crippen molar-refractivity contribution in [3.63, 3.8) is 0 Å². The second kappa shape index (κ2) is 5.65. The molecule has 18 heavy (non-hydrogen) atoms. The van der Waals surface area contributed by atoms with Crippen LogP contribution in [0.2, 0.25) is 0 Å². The van der Waals surface area contributed by atoms with Crippen LogP contribution in [0.5, 0.6) is 0 Å². The lowest BCUT2D eigenvalue weighted by molar-refractivity contribution is 0.335. The van der Waals surface area contributed by atoms with E-state index in [-0.39, 0.29) is 0 Å². The van der Waals surface area contributed by atoms with Gasteiger partial charge in [0.15, 0.2) is 0 Å². The first kappa shape index (κ1) is 13.3. The van der Waals surface area contributed by atoms with E-state index in [1.807, 2.05) is 12.1 Å². The van der Waals surface area contributed by atoms with Crippen LogP contribution in [0.3, 0.4) is 0 Å². The van der Waals surface area contributed by atoms with Gasteiger partial charge >= 0.3 is 0 Å². The number of nitrogens with two attached hydrogens (primary N) is 1. The summed E-state index contributed by atoms with van der Waals surface area (Å²) in [5.41, 5.74) is 6.66. The van der Waals surface area contributed by atoms with Gasteiger partial charge in [0.2, 0.25) is 0 Å². The summed E-state index contributed by atoms with van der Waals surface area (Å²) in [6.07, 6.45) is 6.90. The second-order valence-corrected chi connectivity index (χ2v) is 5.72. The summed E-state index contributed by atoms with van der Waals surface area (Å²) in [4.78, 5) is 7.14. The molecule has 98 valence electrons. The van der Waals surface area contributed by atoms with Gasteiger partial charge in [-0.15, -0.1) is 0 Å². The molecular weight excluding hydrogens is 242 g/mol. The molecule has 0 bridgehead atoms. The molecule has 2 rings (SSSR count). The summed E-state index contributed by atoms with van der Waals surface area (Å²) in [5, 5.41) is 0. The van der Waals surface area contributed by atoms with E-state index in [9.17, 15) is 0 Å². The van der Waals surface area contributed by atoms with Gasteiger partial charge in [-0.2, -0.15) is 0 Å². The zero-order valence-corrected chi connectivity index (χ0v) is 11.9. The molecule has 1 aliphatic rings. The lowest BCUT2D eigenvalue weighted by atomic mass is 9.86. The Morgan fingerprint density at radius 3 is 2.94 bits per heavy atom. The minimum absolute atomic E-state index is 0.425. The third-order valence-corrected chi connectivity index (χ3v) is 4.06. The first-order valence-corrected chi connectivity index (χ1v) is 6.98. The highest BCUT2D eigenvalue weighted by molar-refractivity contribution is 7.80. The van der Waals surface area contributed by atoms with Gasteiger partial charge in [0.05, 0.1) is 5.56 Å². The Labute approximate surface area is 114 Å². The summed E-state index contributed by atoms with van der Waals surface area (Å²) in [6, 6.07) is 4.39. The van der Waals surface area contributed by atoms with E-state index in [4.69, 9.17) is 18.0 Å². The molecule has 1 aliphatic carbocycles. The molecule has 1 fully saturated rings. The topological polar surface area (TPSA) is 42.2 Å². The lowest BCUT2D eigenvalue weighted by Crippen LogP contribution is -2.37. The molecule has 0 spiro atoms. The van der Waals surface area contributed by atoms with Crippen LogP contribution in [0.15, 0.2) is 18.3 Å². The van der Waals surface area contributed by atoms with Gasteiger partial charge < -0.3 is 10.6 Å². The predicted molar refractivity (Wildman–Crippen MR) is 79.9 cm³/mol. The Balaban J connectivity index is 2.22. The summed E-state index contributed by atoms with van der Waals surface area (Å²) in [7, 11) is 2.10. The van der Waals surface area contributed by atoms with E-state index in [0.717, 1.165) is 17.3 Å². The zero-order chi connectivity index (χ0) is 13.1. The minimum atomic E-state index is 0.425. The lowest BCUT2D eigenvalue weighted by Gasteiger charge is -2.35. The van der Waals surface area contributed by atoms with Gasteiger partial charge in [0.1, 0.15) is 10.8 Å². The third kappa shape index (κ3) is 2.80.